The summed E-state index contributed by atoms with van der Waals surface area (Å²) in [5, 5.41) is 0. The number of hydrogen-bond acceptors (Lipinski definition) is 4. The van der Waals surface area contributed by atoms with Crippen molar-refractivity contribution >= 4 is 10.0 Å². The van der Waals surface area contributed by atoms with Crippen LogP contribution in [-0.2, 0) is 23.2 Å². The van der Waals surface area contributed by atoms with Crippen LogP contribution in [0.2, 0.25) is 0 Å². The lowest BCUT2D eigenvalue weighted by Gasteiger charge is -2.37. The molecule has 10 heteroatoms. The van der Waals surface area contributed by atoms with Crippen molar-refractivity contribution in [1.82, 2.24) is 8.87 Å². The Hall–Kier alpha value is -2.33. The van der Waals surface area contributed by atoms with E-state index in [1.54, 1.807) is 20.0 Å². The Morgan fingerprint density at radius 2 is 1.81 bits per heavy atom. The van der Waals surface area contributed by atoms with Crippen molar-refractivity contribution in [1.29, 1.82) is 0 Å². The maximum absolute atomic E-state index is 12.8. The molecule has 1 aromatic carbocycles. The van der Waals surface area contributed by atoms with E-state index >= 15 is 0 Å². The van der Waals surface area contributed by atoms with Crippen LogP contribution in [-0.4, -0.2) is 36.5 Å². The van der Waals surface area contributed by atoms with Crippen LogP contribution in [0.5, 0.6) is 5.75 Å². The van der Waals surface area contributed by atoms with E-state index in [2.05, 4.69) is 0 Å². The molecule has 1 aliphatic heterocycles. The summed E-state index contributed by atoms with van der Waals surface area (Å²) < 4.78 is 71.5. The van der Waals surface area contributed by atoms with Crippen LogP contribution in [0.15, 0.2) is 46.1 Å². The highest BCUT2D eigenvalue weighted by Gasteiger charge is 2.39. The fourth-order valence-corrected chi connectivity index (χ4v) is 4.20. The number of nitrogens with zero attached hydrogens (tertiary/aromatic N) is 2. The summed E-state index contributed by atoms with van der Waals surface area (Å²) >= 11 is 0. The second kappa shape index (κ2) is 6.68. The first kappa shape index (κ1) is 19.4. The maximum atomic E-state index is 12.8. The molecule has 3 rings (SSSR count). The summed E-state index contributed by atoms with van der Waals surface area (Å²) in [4.78, 5) is 11.3. The molecule has 0 radical (unpaired) electrons. The van der Waals surface area contributed by atoms with Crippen molar-refractivity contribution < 1.29 is 26.3 Å². The van der Waals surface area contributed by atoms with Gasteiger partial charge in [0.05, 0.1) is 23.5 Å². The van der Waals surface area contributed by atoms with E-state index in [-0.39, 0.29) is 18.6 Å². The van der Waals surface area contributed by atoms with E-state index in [9.17, 15) is 26.4 Å². The fraction of sp³-hybridized carbons (Fsp3) is 0.353. The number of halogens is 3. The number of aryl methyl sites for hydroxylation is 1. The molecule has 0 bridgehead atoms. The van der Waals surface area contributed by atoms with Gasteiger partial charge >= 0.3 is 6.18 Å². The highest BCUT2D eigenvalue weighted by Crippen LogP contribution is 2.32. The minimum Gasteiger partial charge on any atom is -0.487 e. The largest absolute Gasteiger partial charge is 0.487 e. The summed E-state index contributed by atoms with van der Waals surface area (Å²) in [6, 6.07) is 6.59. The molecule has 6 nitrogen and oxygen atoms in total. The van der Waals surface area contributed by atoms with Gasteiger partial charge in [0.15, 0.2) is 0 Å². The summed E-state index contributed by atoms with van der Waals surface area (Å²) in [5.74, 6) is 0.330. The summed E-state index contributed by atoms with van der Waals surface area (Å²) in [6.07, 6.45) is -5.10. The second-order valence-electron chi connectivity index (χ2n) is 6.32. The maximum Gasteiger partial charge on any atom is 0.416 e. The number of rotatable bonds is 4. The SMILES string of the molecule is Cc1cc(OC2CN(S(=O)(=O)c3cccc(C(F)(F)F)c3)C2)cc(=O)n1C. The molecule has 0 unspecified atom stereocenters. The van der Waals surface area contributed by atoms with Gasteiger partial charge in [-0.1, -0.05) is 6.07 Å². The number of aromatic nitrogens is 1. The van der Waals surface area contributed by atoms with Gasteiger partial charge in [-0.2, -0.15) is 17.5 Å². The van der Waals surface area contributed by atoms with Crippen LogP contribution >= 0.6 is 0 Å². The summed E-state index contributed by atoms with van der Waals surface area (Å²) in [6.45, 7) is 1.72. The molecule has 0 amide bonds. The number of hydrogen-bond donors (Lipinski definition) is 0. The van der Waals surface area contributed by atoms with Crippen molar-refractivity contribution in [2.24, 2.45) is 7.05 Å². The third-order valence-corrected chi connectivity index (χ3v) is 6.22. The zero-order chi connectivity index (χ0) is 20.0. The summed E-state index contributed by atoms with van der Waals surface area (Å²) in [7, 11) is -2.43. The molecule has 2 heterocycles. The average Bonchev–Trinajstić information content (AvgIpc) is 2.54. The van der Waals surface area contributed by atoms with Crippen LogP contribution in [0.4, 0.5) is 13.2 Å². The minimum absolute atomic E-state index is 0.00711. The van der Waals surface area contributed by atoms with Gasteiger partial charge in [-0.25, -0.2) is 8.42 Å². The Bertz CT molecular complexity index is 1030. The highest BCUT2D eigenvalue weighted by atomic mass is 32.2. The number of benzene rings is 1. The van der Waals surface area contributed by atoms with Gasteiger partial charge in [-0.05, 0) is 31.2 Å². The lowest BCUT2D eigenvalue weighted by Crippen LogP contribution is -2.56. The smallest absolute Gasteiger partial charge is 0.416 e. The molecule has 1 saturated heterocycles. The first-order chi connectivity index (χ1) is 12.5. The van der Waals surface area contributed by atoms with Crippen molar-refractivity contribution in [2.45, 2.75) is 24.1 Å². The van der Waals surface area contributed by atoms with Gasteiger partial charge in [0.25, 0.3) is 5.56 Å². The number of alkyl halides is 3. The zero-order valence-electron chi connectivity index (χ0n) is 14.5. The Morgan fingerprint density at radius 3 is 2.41 bits per heavy atom. The minimum atomic E-state index is -4.62. The molecule has 0 aliphatic carbocycles. The standard InChI is InChI=1S/C17H17F3N2O4S/c1-11-6-13(8-16(23)21(11)2)26-14-9-22(10-14)27(24,25)15-5-3-4-12(7-15)17(18,19)20/h3-8,14H,9-10H2,1-2H3. The fourth-order valence-electron chi connectivity index (χ4n) is 2.65. The molecule has 0 atom stereocenters. The van der Waals surface area contributed by atoms with Crippen molar-refractivity contribution in [3.05, 3.63) is 58.0 Å². The molecule has 146 valence electrons. The van der Waals surface area contributed by atoms with E-state index in [1.165, 1.54) is 10.6 Å². The molecular weight excluding hydrogens is 385 g/mol. The Kier molecular flexibility index (Phi) is 4.81. The predicted octanol–water partition coefficient (Wildman–Crippen LogP) is 2.16. The summed E-state index contributed by atoms with van der Waals surface area (Å²) in [5.41, 5.74) is -0.587. The topological polar surface area (TPSA) is 68.6 Å². The van der Waals surface area contributed by atoms with Crippen LogP contribution < -0.4 is 10.3 Å². The lowest BCUT2D eigenvalue weighted by atomic mass is 10.2. The first-order valence-electron chi connectivity index (χ1n) is 8.00. The van der Waals surface area contributed by atoms with Crippen LogP contribution in [0.3, 0.4) is 0 Å². The van der Waals surface area contributed by atoms with Crippen molar-refractivity contribution in [2.75, 3.05) is 13.1 Å². The average molecular weight is 402 g/mol. The molecular formula is C17H17F3N2O4S. The zero-order valence-corrected chi connectivity index (χ0v) is 15.3. The molecule has 0 N–H and O–H groups in total. The van der Waals surface area contributed by atoms with Crippen LogP contribution in [0.1, 0.15) is 11.3 Å². The first-order valence-corrected chi connectivity index (χ1v) is 9.44. The van der Waals surface area contributed by atoms with Gasteiger partial charge in [0, 0.05) is 18.8 Å². The number of sulfonamides is 1. The Labute approximate surface area is 153 Å². The molecule has 0 saturated carbocycles. The van der Waals surface area contributed by atoms with E-state index in [0.29, 0.717) is 17.5 Å². The molecule has 1 fully saturated rings. The van der Waals surface area contributed by atoms with E-state index in [4.69, 9.17) is 4.74 Å². The van der Waals surface area contributed by atoms with E-state index in [0.717, 1.165) is 22.5 Å². The molecule has 1 aromatic heterocycles. The molecule has 2 aromatic rings. The van der Waals surface area contributed by atoms with Gasteiger partial charge in [0.1, 0.15) is 11.9 Å². The van der Waals surface area contributed by atoms with Crippen molar-refractivity contribution in [3.63, 3.8) is 0 Å². The van der Waals surface area contributed by atoms with Gasteiger partial charge in [0.2, 0.25) is 10.0 Å². The monoisotopic (exact) mass is 402 g/mol. The van der Waals surface area contributed by atoms with Crippen LogP contribution in [0.25, 0.3) is 0 Å². The van der Waals surface area contributed by atoms with Gasteiger partial charge in [-0.15, -0.1) is 0 Å². The highest BCUT2D eigenvalue weighted by molar-refractivity contribution is 7.89. The predicted molar refractivity (Wildman–Crippen MR) is 91.0 cm³/mol. The molecule has 27 heavy (non-hydrogen) atoms. The van der Waals surface area contributed by atoms with Crippen molar-refractivity contribution in [3.8, 4) is 5.75 Å². The number of pyridine rings is 1. The van der Waals surface area contributed by atoms with E-state index in [1.807, 2.05) is 0 Å². The quantitative estimate of drug-likeness (QED) is 0.786. The molecule has 0 spiro atoms. The lowest BCUT2D eigenvalue weighted by molar-refractivity contribution is -0.137. The van der Waals surface area contributed by atoms with Gasteiger partial charge in [-0.3, -0.25) is 4.79 Å². The van der Waals surface area contributed by atoms with Crippen LogP contribution in [0, 0.1) is 6.92 Å². The Morgan fingerprint density at radius 1 is 1.15 bits per heavy atom. The number of ether oxygens (including phenoxy) is 1. The second-order valence-corrected chi connectivity index (χ2v) is 8.26. The molecule has 1 aliphatic rings. The normalized spacial score (nSPS) is 16.2. The van der Waals surface area contributed by atoms with E-state index < -0.39 is 32.8 Å². The van der Waals surface area contributed by atoms with Gasteiger partial charge < -0.3 is 9.30 Å². The third kappa shape index (κ3) is 3.86. The Balaban J connectivity index is 1.71. The third-order valence-electron chi connectivity index (χ3n) is 4.39.